The summed E-state index contributed by atoms with van der Waals surface area (Å²) in [5, 5.41) is 22.2. The third-order valence-electron chi connectivity index (χ3n) is 3.19. The molecule has 8 heteroatoms. The molecule has 0 saturated heterocycles. The molecule has 2 rings (SSSR count). The second-order valence-electron chi connectivity index (χ2n) is 4.57. The van der Waals surface area contributed by atoms with E-state index in [1.165, 1.54) is 24.3 Å². The lowest BCUT2D eigenvalue weighted by atomic mass is 9.89. The Balaban J connectivity index is 2.57. The van der Waals surface area contributed by atoms with Gasteiger partial charge in [-0.3, -0.25) is 20.2 Å². The van der Waals surface area contributed by atoms with Crippen LogP contribution >= 0.6 is 0 Å². The highest BCUT2D eigenvalue weighted by Gasteiger charge is 2.44. The average molecular weight is 308 g/mol. The molecule has 114 valence electrons. The van der Waals surface area contributed by atoms with E-state index in [1.54, 1.807) is 0 Å². The van der Waals surface area contributed by atoms with Gasteiger partial charge in [-0.25, -0.2) is 8.78 Å². The molecular formula is C14H10F2N2O4. The molecule has 0 saturated carbocycles. The number of nitrogens with zero attached hydrogens (tertiary/aromatic N) is 2. The van der Waals surface area contributed by atoms with Crippen LogP contribution in [0.3, 0.4) is 0 Å². The van der Waals surface area contributed by atoms with Crippen molar-refractivity contribution in [3.05, 3.63) is 91.5 Å². The fourth-order valence-electron chi connectivity index (χ4n) is 2.20. The maximum absolute atomic E-state index is 13.0. The molecular weight excluding hydrogens is 298 g/mol. The summed E-state index contributed by atoms with van der Waals surface area (Å²) in [5.41, 5.74) is 0.401. The van der Waals surface area contributed by atoms with Crippen LogP contribution in [0.4, 0.5) is 8.78 Å². The molecule has 0 unspecified atom stereocenters. The van der Waals surface area contributed by atoms with Crippen molar-refractivity contribution in [3.8, 4) is 0 Å². The van der Waals surface area contributed by atoms with E-state index in [2.05, 4.69) is 0 Å². The summed E-state index contributed by atoms with van der Waals surface area (Å²) >= 11 is 0. The van der Waals surface area contributed by atoms with Crippen LogP contribution in [0.2, 0.25) is 0 Å². The Morgan fingerprint density at radius 3 is 1.32 bits per heavy atom. The fraction of sp³-hybridized carbons (Fsp3) is 0.143. The second-order valence-corrected chi connectivity index (χ2v) is 4.57. The van der Waals surface area contributed by atoms with Crippen LogP contribution in [0.25, 0.3) is 0 Å². The zero-order valence-corrected chi connectivity index (χ0v) is 11.1. The van der Waals surface area contributed by atoms with Crippen LogP contribution in [-0.2, 0) is 0 Å². The molecule has 6 nitrogen and oxygen atoms in total. The summed E-state index contributed by atoms with van der Waals surface area (Å²) in [4.78, 5) is 20.1. The highest BCUT2D eigenvalue weighted by atomic mass is 19.1. The van der Waals surface area contributed by atoms with E-state index in [4.69, 9.17) is 0 Å². The Kier molecular flexibility index (Phi) is 4.40. The van der Waals surface area contributed by atoms with Crippen LogP contribution in [0.1, 0.15) is 17.0 Å². The lowest BCUT2D eigenvalue weighted by Gasteiger charge is -2.16. The molecule has 0 aliphatic heterocycles. The first-order chi connectivity index (χ1) is 10.4. The van der Waals surface area contributed by atoms with Crippen molar-refractivity contribution >= 4 is 0 Å². The maximum Gasteiger partial charge on any atom is 0.461 e. The van der Waals surface area contributed by atoms with Gasteiger partial charge in [0.25, 0.3) is 0 Å². The normalized spacial score (nSPS) is 10.9. The maximum atomic E-state index is 13.0. The molecule has 0 fully saturated rings. The van der Waals surface area contributed by atoms with Crippen molar-refractivity contribution in [2.24, 2.45) is 0 Å². The van der Waals surface area contributed by atoms with Crippen molar-refractivity contribution < 1.29 is 18.6 Å². The summed E-state index contributed by atoms with van der Waals surface area (Å²) in [7, 11) is 0. The molecule has 0 N–H and O–H groups in total. The van der Waals surface area contributed by atoms with E-state index in [1.807, 2.05) is 0 Å². The quantitative estimate of drug-likeness (QED) is 0.482. The number of hydrogen-bond donors (Lipinski definition) is 0. The number of benzene rings is 2. The first kappa shape index (κ1) is 15.5. The van der Waals surface area contributed by atoms with E-state index >= 15 is 0 Å². The number of rotatable bonds is 5. The molecule has 0 bridgehead atoms. The lowest BCUT2D eigenvalue weighted by molar-refractivity contribution is -0.744. The predicted molar refractivity (Wildman–Crippen MR) is 72.4 cm³/mol. The Hall–Kier alpha value is -2.90. The summed E-state index contributed by atoms with van der Waals surface area (Å²) in [6.07, 6.45) is -2.16. The summed E-state index contributed by atoms with van der Waals surface area (Å²) in [6, 6.07) is 9.19. The van der Waals surface area contributed by atoms with E-state index < -0.39 is 33.6 Å². The van der Waals surface area contributed by atoms with Gasteiger partial charge in [0.2, 0.25) is 0 Å². The second kappa shape index (κ2) is 6.25. The van der Waals surface area contributed by atoms with Gasteiger partial charge in [-0.15, -0.1) is 0 Å². The van der Waals surface area contributed by atoms with Gasteiger partial charge in [0.15, 0.2) is 0 Å². The van der Waals surface area contributed by atoms with Crippen LogP contribution in [0.5, 0.6) is 0 Å². The molecule has 2 aromatic carbocycles. The Labute approximate surface area is 123 Å². The average Bonchev–Trinajstić information content (AvgIpc) is 2.46. The molecule has 0 aliphatic rings. The minimum absolute atomic E-state index is 0.200. The molecule has 0 atom stereocenters. The van der Waals surface area contributed by atoms with Crippen molar-refractivity contribution in [2.45, 2.75) is 12.1 Å². The Morgan fingerprint density at radius 1 is 0.727 bits per heavy atom. The molecule has 0 aromatic heterocycles. The highest BCUT2D eigenvalue weighted by molar-refractivity contribution is 5.33. The molecule has 2 aromatic rings. The molecule has 0 heterocycles. The minimum atomic E-state index is -2.16. The smallest absolute Gasteiger partial charge is 0.259 e. The van der Waals surface area contributed by atoms with Crippen molar-refractivity contribution in [1.82, 2.24) is 0 Å². The van der Waals surface area contributed by atoms with Crippen LogP contribution in [0.15, 0.2) is 48.5 Å². The Bertz CT molecular complexity index is 629. The number of nitro groups is 2. The van der Waals surface area contributed by atoms with Gasteiger partial charge in [0.05, 0.1) is 9.85 Å². The van der Waals surface area contributed by atoms with Gasteiger partial charge in [0, 0.05) is 0 Å². The summed E-state index contributed by atoms with van der Waals surface area (Å²) < 4.78 is 26.0. The molecule has 0 radical (unpaired) electrons. The monoisotopic (exact) mass is 308 g/mol. The van der Waals surface area contributed by atoms with Crippen LogP contribution in [-0.4, -0.2) is 16.0 Å². The number of halogens is 2. The van der Waals surface area contributed by atoms with Gasteiger partial charge >= 0.3 is 6.17 Å². The third-order valence-corrected chi connectivity index (χ3v) is 3.19. The standard InChI is InChI=1S/C14H10F2N2O4/c15-11-5-1-9(2-6-11)13(14(17(19)20)18(21)22)10-3-7-12(16)8-4-10/h1-8,13-14H. The topological polar surface area (TPSA) is 86.3 Å². The third kappa shape index (κ3) is 3.22. The zero-order valence-electron chi connectivity index (χ0n) is 11.1. The van der Waals surface area contributed by atoms with E-state index in [0.717, 1.165) is 24.3 Å². The van der Waals surface area contributed by atoms with E-state index in [9.17, 15) is 29.0 Å². The van der Waals surface area contributed by atoms with Crippen LogP contribution < -0.4 is 0 Å². The Morgan fingerprint density at radius 2 is 1.05 bits per heavy atom. The van der Waals surface area contributed by atoms with E-state index in [-0.39, 0.29) is 11.1 Å². The molecule has 0 spiro atoms. The zero-order chi connectivity index (χ0) is 16.3. The predicted octanol–water partition coefficient (Wildman–Crippen LogP) is 2.98. The highest BCUT2D eigenvalue weighted by Crippen LogP contribution is 2.30. The summed E-state index contributed by atoms with van der Waals surface area (Å²) in [5.74, 6) is -2.40. The van der Waals surface area contributed by atoms with Gasteiger partial charge in [-0.1, -0.05) is 24.3 Å². The van der Waals surface area contributed by atoms with Gasteiger partial charge in [-0.05, 0) is 35.4 Å². The largest absolute Gasteiger partial charge is 0.461 e. The molecule has 0 amide bonds. The number of hydrogen-bond acceptors (Lipinski definition) is 4. The van der Waals surface area contributed by atoms with Gasteiger partial charge in [-0.2, -0.15) is 0 Å². The van der Waals surface area contributed by atoms with Crippen molar-refractivity contribution in [3.63, 3.8) is 0 Å². The molecule has 22 heavy (non-hydrogen) atoms. The van der Waals surface area contributed by atoms with E-state index in [0.29, 0.717) is 0 Å². The van der Waals surface area contributed by atoms with Crippen LogP contribution in [0, 0.1) is 31.9 Å². The minimum Gasteiger partial charge on any atom is -0.259 e. The summed E-state index contributed by atoms with van der Waals surface area (Å²) in [6.45, 7) is 0. The molecule has 0 aliphatic carbocycles. The van der Waals surface area contributed by atoms with Gasteiger partial charge in [0.1, 0.15) is 17.6 Å². The first-order valence-electron chi connectivity index (χ1n) is 6.18. The SMILES string of the molecule is O=[N+]([O-])C(C(c1ccc(F)cc1)c1ccc(F)cc1)[N+](=O)[O-]. The first-order valence-corrected chi connectivity index (χ1v) is 6.18. The van der Waals surface area contributed by atoms with Gasteiger partial charge < -0.3 is 0 Å². The fourth-order valence-corrected chi connectivity index (χ4v) is 2.20. The van der Waals surface area contributed by atoms with Crippen molar-refractivity contribution in [2.75, 3.05) is 0 Å². The van der Waals surface area contributed by atoms with Crippen molar-refractivity contribution in [1.29, 1.82) is 0 Å². The lowest BCUT2D eigenvalue weighted by Crippen LogP contribution is -2.35.